The lowest BCUT2D eigenvalue weighted by atomic mass is 9.77. The molecule has 134 valence electrons. The number of rotatable bonds is 2. The standard InChI is InChI=1S/C16H27N3O2.2ClH/c1-12(2)19-14(20)10-16(15(19)21)6-3-9-18(11-16)13-4-7-17-8-5-13;;/h12-13,17H,3-11H2,1-2H3;2*1H. The van der Waals surface area contributed by atoms with Crippen LogP contribution in [-0.4, -0.2) is 59.9 Å². The van der Waals surface area contributed by atoms with Crippen molar-refractivity contribution in [2.45, 2.75) is 58.0 Å². The van der Waals surface area contributed by atoms with Crippen molar-refractivity contribution in [2.75, 3.05) is 26.2 Å². The summed E-state index contributed by atoms with van der Waals surface area (Å²) in [6, 6.07) is 0.568. The van der Waals surface area contributed by atoms with Crippen molar-refractivity contribution in [3.63, 3.8) is 0 Å². The van der Waals surface area contributed by atoms with E-state index in [1.165, 1.54) is 4.90 Å². The minimum Gasteiger partial charge on any atom is -0.317 e. The second-order valence-electron chi connectivity index (χ2n) is 7.17. The average Bonchev–Trinajstić information content (AvgIpc) is 2.70. The SMILES string of the molecule is CC(C)N1C(=O)CC2(CCCN(C3CCNCC3)C2)C1=O.Cl.Cl. The molecule has 0 aromatic heterocycles. The summed E-state index contributed by atoms with van der Waals surface area (Å²) in [6.45, 7) is 7.86. The zero-order valence-corrected chi connectivity index (χ0v) is 15.7. The lowest BCUT2D eigenvalue weighted by Gasteiger charge is -2.43. The molecule has 2 amide bonds. The van der Waals surface area contributed by atoms with Gasteiger partial charge in [0.2, 0.25) is 11.8 Å². The number of nitrogens with zero attached hydrogens (tertiary/aromatic N) is 2. The van der Waals surface area contributed by atoms with Crippen LogP contribution < -0.4 is 5.32 Å². The minimum absolute atomic E-state index is 0. The molecule has 1 spiro atoms. The molecule has 3 heterocycles. The summed E-state index contributed by atoms with van der Waals surface area (Å²) in [4.78, 5) is 29.1. The molecule has 3 saturated heterocycles. The number of likely N-dealkylation sites (tertiary alicyclic amines) is 2. The maximum Gasteiger partial charge on any atom is 0.237 e. The number of piperidine rings is 2. The van der Waals surface area contributed by atoms with E-state index in [1.54, 1.807) is 0 Å². The molecule has 1 N–H and O–H groups in total. The molecular formula is C16H29Cl2N3O2. The van der Waals surface area contributed by atoms with Crippen LogP contribution in [-0.2, 0) is 9.59 Å². The summed E-state index contributed by atoms with van der Waals surface area (Å²) in [5.74, 6) is 0.114. The molecule has 5 nitrogen and oxygen atoms in total. The van der Waals surface area contributed by atoms with Crippen LogP contribution >= 0.6 is 24.8 Å². The van der Waals surface area contributed by atoms with Crippen molar-refractivity contribution in [1.82, 2.24) is 15.1 Å². The number of nitrogens with one attached hydrogen (secondary N) is 1. The first-order chi connectivity index (χ1) is 10.0. The second-order valence-corrected chi connectivity index (χ2v) is 7.17. The lowest BCUT2D eigenvalue weighted by molar-refractivity contribution is -0.145. The Bertz CT molecular complexity index is 441. The number of amides is 2. The number of hydrogen-bond acceptors (Lipinski definition) is 4. The third-order valence-corrected chi connectivity index (χ3v) is 5.38. The molecule has 3 aliphatic heterocycles. The number of imide groups is 1. The van der Waals surface area contributed by atoms with E-state index in [-0.39, 0.29) is 42.7 Å². The van der Waals surface area contributed by atoms with E-state index in [0.717, 1.165) is 51.9 Å². The van der Waals surface area contributed by atoms with E-state index in [1.807, 2.05) is 13.8 Å². The largest absolute Gasteiger partial charge is 0.317 e. The van der Waals surface area contributed by atoms with Gasteiger partial charge in [0.1, 0.15) is 0 Å². The van der Waals surface area contributed by atoms with Crippen LogP contribution in [0.25, 0.3) is 0 Å². The van der Waals surface area contributed by atoms with Crippen LogP contribution in [0.5, 0.6) is 0 Å². The molecule has 1 unspecified atom stereocenters. The normalized spacial score (nSPS) is 29.8. The van der Waals surface area contributed by atoms with Gasteiger partial charge in [0.25, 0.3) is 0 Å². The van der Waals surface area contributed by atoms with E-state index in [0.29, 0.717) is 12.5 Å². The quantitative estimate of drug-likeness (QED) is 0.758. The smallest absolute Gasteiger partial charge is 0.237 e. The van der Waals surface area contributed by atoms with E-state index < -0.39 is 5.41 Å². The summed E-state index contributed by atoms with van der Waals surface area (Å²) in [5, 5.41) is 3.40. The highest BCUT2D eigenvalue weighted by atomic mass is 35.5. The molecule has 0 bridgehead atoms. The van der Waals surface area contributed by atoms with Gasteiger partial charge in [-0.1, -0.05) is 0 Å². The molecule has 0 aromatic carbocycles. The van der Waals surface area contributed by atoms with Gasteiger partial charge in [0.15, 0.2) is 0 Å². The first kappa shape index (κ1) is 20.7. The highest BCUT2D eigenvalue weighted by molar-refractivity contribution is 6.06. The predicted octanol–water partition coefficient (Wildman–Crippen LogP) is 1.83. The van der Waals surface area contributed by atoms with Gasteiger partial charge in [-0.3, -0.25) is 19.4 Å². The van der Waals surface area contributed by atoms with Gasteiger partial charge in [-0.05, 0) is 59.2 Å². The molecule has 3 rings (SSSR count). The van der Waals surface area contributed by atoms with Gasteiger partial charge >= 0.3 is 0 Å². The number of carbonyl (C=O) groups is 2. The molecule has 3 aliphatic rings. The third-order valence-electron chi connectivity index (χ3n) is 5.38. The zero-order valence-electron chi connectivity index (χ0n) is 14.0. The Balaban J connectivity index is 0.00000132. The van der Waals surface area contributed by atoms with Gasteiger partial charge in [0, 0.05) is 25.0 Å². The molecule has 7 heteroatoms. The Morgan fingerprint density at radius 2 is 1.83 bits per heavy atom. The Morgan fingerprint density at radius 3 is 2.39 bits per heavy atom. The number of halogens is 2. The van der Waals surface area contributed by atoms with Crippen molar-refractivity contribution >= 4 is 36.6 Å². The van der Waals surface area contributed by atoms with Gasteiger partial charge < -0.3 is 5.32 Å². The van der Waals surface area contributed by atoms with Crippen LogP contribution in [0.1, 0.15) is 46.0 Å². The summed E-state index contributed by atoms with van der Waals surface area (Å²) < 4.78 is 0. The highest BCUT2D eigenvalue weighted by Gasteiger charge is 2.54. The van der Waals surface area contributed by atoms with Crippen molar-refractivity contribution in [3.8, 4) is 0 Å². The Labute approximate surface area is 151 Å². The Morgan fingerprint density at radius 1 is 1.17 bits per heavy atom. The summed E-state index contributed by atoms with van der Waals surface area (Å²) >= 11 is 0. The molecule has 0 saturated carbocycles. The summed E-state index contributed by atoms with van der Waals surface area (Å²) in [7, 11) is 0. The maximum absolute atomic E-state index is 12.8. The van der Waals surface area contributed by atoms with Gasteiger partial charge in [-0.25, -0.2) is 0 Å². The minimum atomic E-state index is -0.426. The number of carbonyl (C=O) groups excluding carboxylic acids is 2. The average molecular weight is 366 g/mol. The first-order valence-electron chi connectivity index (χ1n) is 8.35. The van der Waals surface area contributed by atoms with Gasteiger partial charge in [-0.2, -0.15) is 0 Å². The maximum atomic E-state index is 12.8. The molecule has 0 aromatic rings. The van der Waals surface area contributed by atoms with Crippen molar-refractivity contribution in [3.05, 3.63) is 0 Å². The van der Waals surface area contributed by atoms with Gasteiger partial charge in [0.05, 0.1) is 5.41 Å². The molecule has 1 atom stereocenters. The number of hydrogen-bond donors (Lipinski definition) is 1. The Hall–Kier alpha value is -0.360. The molecule has 0 aliphatic carbocycles. The molecule has 0 radical (unpaired) electrons. The fourth-order valence-electron chi connectivity index (χ4n) is 4.31. The zero-order chi connectivity index (χ0) is 15.0. The Kier molecular flexibility index (Phi) is 7.33. The lowest BCUT2D eigenvalue weighted by Crippen LogP contribution is -2.53. The topological polar surface area (TPSA) is 52.7 Å². The molecule has 23 heavy (non-hydrogen) atoms. The molecule has 3 fully saturated rings. The van der Waals surface area contributed by atoms with E-state index in [4.69, 9.17) is 0 Å². The summed E-state index contributed by atoms with van der Waals surface area (Å²) in [5.41, 5.74) is -0.426. The van der Waals surface area contributed by atoms with Crippen molar-refractivity contribution in [1.29, 1.82) is 0 Å². The molecular weight excluding hydrogens is 337 g/mol. The van der Waals surface area contributed by atoms with E-state index >= 15 is 0 Å². The van der Waals surface area contributed by atoms with E-state index in [9.17, 15) is 9.59 Å². The second kappa shape index (κ2) is 8.15. The van der Waals surface area contributed by atoms with Crippen LogP contribution in [0.2, 0.25) is 0 Å². The fourth-order valence-corrected chi connectivity index (χ4v) is 4.31. The van der Waals surface area contributed by atoms with E-state index in [2.05, 4.69) is 10.2 Å². The predicted molar refractivity (Wildman–Crippen MR) is 95.2 cm³/mol. The van der Waals surface area contributed by atoms with Gasteiger partial charge in [-0.15, -0.1) is 24.8 Å². The fraction of sp³-hybridized carbons (Fsp3) is 0.875. The van der Waals surface area contributed by atoms with Crippen LogP contribution in [0.4, 0.5) is 0 Å². The van der Waals surface area contributed by atoms with Crippen molar-refractivity contribution in [2.24, 2.45) is 5.41 Å². The van der Waals surface area contributed by atoms with Crippen LogP contribution in [0, 0.1) is 5.41 Å². The van der Waals surface area contributed by atoms with Crippen molar-refractivity contribution < 1.29 is 9.59 Å². The highest BCUT2D eigenvalue weighted by Crippen LogP contribution is 2.42. The van der Waals surface area contributed by atoms with Crippen LogP contribution in [0.15, 0.2) is 0 Å². The van der Waals surface area contributed by atoms with Crippen LogP contribution in [0.3, 0.4) is 0 Å². The first-order valence-corrected chi connectivity index (χ1v) is 8.35. The third kappa shape index (κ3) is 3.84. The monoisotopic (exact) mass is 365 g/mol. The summed E-state index contributed by atoms with van der Waals surface area (Å²) in [6.07, 6.45) is 4.65.